The van der Waals surface area contributed by atoms with Crippen LogP contribution in [0.5, 0.6) is 0 Å². The molecule has 2 heterocycles. The van der Waals surface area contributed by atoms with E-state index in [9.17, 15) is 4.79 Å². The first-order valence-electron chi connectivity index (χ1n) is 7.67. The molecule has 1 fully saturated rings. The minimum atomic E-state index is 0.228. The van der Waals surface area contributed by atoms with E-state index in [1.54, 1.807) is 0 Å². The molecule has 1 aliphatic heterocycles. The summed E-state index contributed by atoms with van der Waals surface area (Å²) in [7, 11) is 1.96. The van der Waals surface area contributed by atoms with Gasteiger partial charge in [-0.1, -0.05) is 12.2 Å². The Bertz CT molecular complexity index is 498. The van der Waals surface area contributed by atoms with E-state index in [1.165, 1.54) is 5.69 Å². The van der Waals surface area contributed by atoms with Gasteiger partial charge >= 0.3 is 0 Å². The van der Waals surface area contributed by atoms with Crippen molar-refractivity contribution in [2.24, 2.45) is 13.0 Å². The molecule has 1 amide bonds. The van der Waals surface area contributed by atoms with Crippen molar-refractivity contribution in [3.8, 4) is 0 Å². The third kappa shape index (κ3) is 2.79. The van der Waals surface area contributed by atoms with Gasteiger partial charge in [-0.3, -0.25) is 9.48 Å². The Kier molecular flexibility index (Phi) is 3.90. The third-order valence-electron chi connectivity index (χ3n) is 4.58. The maximum atomic E-state index is 12.5. The van der Waals surface area contributed by atoms with Crippen LogP contribution in [0.3, 0.4) is 0 Å². The molecule has 20 heavy (non-hydrogen) atoms. The molecule has 3 rings (SSSR count). The van der Waals surface area contributed by atoms with Gasteiger partial charge < -0.3 is 4.90 Å². The van der Waals surface area contributed by atoms with Crippen molar-refractivity contribution >= 4 is 5.91 Å². The third-order valence-corrected chi connectivity index (χ3v) is 4.58. The molecule has 2 aliphatic rings. The van der Waals surface area contributed by atoms with E-state index in [0.29, 0.717) is 11.8 Å². The Morgan fingerprint density at radius 1 is 1.25 bits per heavy atom. The maximum absolute atomic E-state index is 12.5. The Balaban J connectivity index is 1.55. The van der Waals surface area contributed by atoms with Crippen LogP contribution in [-0.2, 0) is 11.8 Å². The number of aromatic nitrogens is 2. The molecule has 1 saturated heterocycles. The lowest BCUT2D eigenvalue weighted by molar-refractivity contribution is -0.136. The lowest BCUT2D eigenvalue weighted by atomic mass is 9.90. The molecule has 1 aromatic rings. The van der Waals surface area contributed by atoms with Crippen molar-refractivity contribution in [1.82, 2.24) is 14.7 Å². The van der Waals surface area contributed by atoms with Crippen molar-refractivity contribution in [3.63, 3.8) is 0 Å². The lowest BCUT2D eigenvalue weighted by Gasteiger charge is -2.34. The van der Waals surface area contributed by atoms with Gasteiger partial charge in [0.1, 0.15) is 0 Å². The molecule has 108 valence electrons. The summed E-state index contributed by atoms with van der Waals surface area (Å²) in [5.41, 5.74) is 1.18. The van der Waals surface area contributed by atoms with Gasteiger partial charge in [-0.05, 0) is 38.2 Å². The molecule has 0 N–H and O–H groups in total. The van der Waals surface area contributed by atoms with Gasteiger partial charge in [0.05, 0.1) is 5.69 Å². The van der Waals surface area contributed by atoms with Crippen LogP contribution < -0.4 is 0 Å². The van der Waals surface area contributed by atoms with Crippen molar-refractivity contribution < 1.29 is 4.79 Å². The van der Waals surface area contributed by atoms with Crippen LogP contribution in [0, 0.1) is 5.92 Å². The summed E-state index contributed by atoms with van der Waals surface area (Å²) in [5, 5.41) is 4.50. The van der Waals surface area contributed by atoms with Gasteiger partial charge in [-0.25, -0.2) is 0 Å². The number of hydrogen-bond donors (Lipinski definition) is 0. The molecule has 4 heteroatoms. The minimum absolute atomic E-state index is 0.228. The molecule has 1 aliphatic carbocycles. The normalized spacial score (nSPS) is 24.1. The smallest absolute Gasteiger partial charge is 0.226 e. The number of likely N-dealkylation sites (tertiary alicyclic amines) is 1. The van der Waals surface area contributed by atoms with Crippen molar-refractivity contribution in [2.75, 3.05) is 13.1 Å². The molecule has 1 unspecified atom stereocenters. The number of rotatable bonds is 2. The van der Waals surface area contributed by atoms with Gasteiger partial charge in [0, 0.05) is 38.2 Å². The van der Waals surface area contributed by atoms with Crippen molar-refractivity contribution in [1.29, 1.82) is 0 Å². The van der Waals surface area contributed by atoms with Crippen molar-refractivity contribution in [2.45, 2.75) is 38.0 Å². The number of amides is 1. The number of hydrogen-bond acceptors (Lipinski definition) is 2. The second-order valence-corrected chi connectivity index (χ2v) is 6.00. The zero-order valence-electron chi connectivity index (χ0n) is 12.2. The molecule has 0 saturated carbocycles. The predicted molar refractivity (Wildman–Crippen MR) is 78.2 cm³/mol. The summed E-state index contributed by atoms with van der Waals surface area (Å²) >= 11 is 0. The van der Waals surface area contributed by atoms with Crippen LogP contribution in [0.25, 0.3) is 0 Å². The number of allylic oxidation sites excluding steroid dienone is 2. The Hall–Kier alpha value is -1.58. The minimum Gasteiger partial charge on any atom is -0.342 e. The highest BCUT2D eigenvalue weighted by atomic mass is 16.2. The number of carbonyl (C=O) groups is 1. The Morgan fingerprint density at radius 3 is 2.65 bits per heavy atom. The SMILES string of the molecule is Cn1ccc(C2CCN(C(=O)C3CC=CCC3)CC2)n1. The highest BCUT2D eigenvalue weighted by Crippen LogP contribution is 2.29. The highest BCUT2D eigenvalue weighted by Gasteiger charge is 2.29. The van der Waals surface area contributed by atoms with Crippen LogP contribution in [0.1, 0.15) is 43.7 Å². The molecule has 0 aromatic carbocycles. The lowest BCUT2D eigenvalue weighted by Crippen LogP contribution is -2.41. The van der Waals surface area contributed by atoms with Crippen LogP contribution >= 0.6 is 0 Å². The van der Waals surface area contributed by atoms with Gasteiger partial charge in [0.25, 0.3) is 0 Å². The standard InChI is InChI=1S/C16H23N3O/c1-18-10-9-15(17-18)13-7-11-19(12-8-13)16(20)14-5-3-2-4-6-14/h2-3,9-10,13-14H,4-8,11-12H2,1H3. The van der Waals surface area contributed by atoms with E-state index in [1.807, 2.05) is 17.9 Å². The highest BCUT2D eigenvalue weighted by molar-refractivity contribution is 5.79. The van der Waals surface area contributed by atoms with E-state index in [4.69, 9.17) is 0 Å². The van der Waals surface area contributed by atoms with Gasteiger partial charge in [0.2, 0.25) is 5.91 Å². The maximum Gasteiger partial charge on any atom is 0.226 e. The second-order valence-electron chi connectivity index (χ2n) is 6.00. The number of carbonyl (C=O) groups excluding carboxylic acids is 1. The van der Waals surface area contributed by atoms with E-state index in [2.05, 4.69) is 28.2 Å². The van der Waals surface area contributed by atoms with E-state index < -0.39 is 0 Å². The fourth-order valence-electron chi connectivity index (χ4n) is 3.32. The topological polar surface area (TPSA) is 38.1 Å². The molecular formula is C16H23N3O. The second kappa shape index (κ2) is 5.81. The van der Waals surface area contributed by atoms with Gasteiger partial charge in [-0.2, -0.15) is 5.10 Å². The summed E-state index contributed by atoms with van der Waals surface area (Å²) in [5.74, 6) is 1.12. The monoisotopic (exact) mass is 273 g/mol. The molecule has 1 aromatic heterocycles. The molecule has 1 atom stereocenters. The number of piperidine rings is 1. The van der Waals surface area contributed by atoms with Crippen LogP contribution in [0.4, 0.5) is 0 Å². The van der Waals surface area contributed by atoms with Crippen LogP contribution in [-0.4, -0.2) is 33.7 Å². The number of aryl methyl sites for hydroxylation is 1. The summed E-state index contributed by atoms with van der Waals surface area (Å²) in [6.07, 6.45) is 11.5. The van der Waals surface area contributed by atoms with Crippen molar-refractivity contribution in [3.05, 3.63) is 30.1 Å². The molecule has 0 radical (unpaired) electrons. The first-order valence-corrected chi connectivity index (χ1v) is 7.67. The number of nitrogens with zero attached hydrogens (tertiary/aromatic N) is 3. The summed E-state index contributed by atoms with van der Waals surface area (Å²) < 4.78 is 1.86. The molecule has 0 bridgehead atoms. The van der Waals surface area contributed by atoms with Gasteiger partial charge in [0.15, 0.2) is 0 Å². The van der Waals surface area contributed by atoms with Crippen LogP contribution in [0.2, 0.25) is 0 Å². The average Bonchev–Trinajstić information content (AvgIpc) is 2.94. The molecular weight excluding hydrogens is 250 g/mol. The quantitative estimate of drug-likeness (QED) is 0.776. The first-order chi connectivity index (χ1) is 9.74. The summed E-state index contributed by atoms with van der Waals surface area (Å²) in [4.78, 5) is 14.5. The Morgan fingerprint density at radius 2 is 2.05 bits per heavy atom. The fraction of sp³-hybridized carbons (Fsp3) is 0.625. The van der Waals surface area contributed by atoms with E-state index >= 15 is 0 Å². The average molecular weight is 273 g/mol. The first kappa shape index (κ1) is 13.4. The zero-order chi connectivity index (χ0) is 13.9. The predicted octanol–water partition coefficient (Wildman–Crippen LogP) is 2.48. The van der Waals surface area contributed by atoms with E-state index in [-0.39, 0.29) is 5.92 Å². The largest absolute Gasteiger partial charge is 0.342 e. The zero-order valence-corrected chi connectivity index (χ0v) is 12.2. The fourth-order valence-corrected chi connectivity index (χ4v) is 3.32. The summed E-state index contributed by atoms with van der Waals surface area (Å²) in [6.45, 7) is 1.78. The summed E-state index contributed by atoms with van der Waals surface area (Å²) in [6, 6.07) is 2.11. The van der Waals surface area contributed by atoms with Gasteiger partial charge in [-0.15, -0.1) is 0 Å². The molecule has 4 nitrogen and oxygen atoms in total. The Labute approximate surface area is 120 Å². The molecule has 0 spiro atoms. The van der Waals surface area contributed by atoms with E-state index in [0.717, 1.165) is 45.2 Å². The van der Waals surface area contributed by atoms with Crippen LogP contribution in [0.15, 0.2) is 24.4 Å².